The number of thiophene rings is 1. The summed E-state index contributed by atoms with van der Waals surface area (Å²) in [5, 5.41) is 5.96. The number of hydrogen-bond acceptors (Lipinski definition) is 3. The van der Waals surface area contributed by atoms with Crippen LogP contribution in [0.4, 0.5) is 4.39 Å². The highest BCUT2D eigenvalue weighted by molar-refractivity contribution is 9.10. The first-order chi connectivity index (χ1) is 15.8. The molecule has 1 atom stereocenters. The second kappa shape index (κ2) is 8.43. The third-order valence-corrected chi connectivity index (χ3v) is 7.56. The van der Waals surface area contributed by atoms with Crippen LogP contribution in [0.15, 0.2) is 70.5 Å². The molecule has 1 N–H and O–H groups in total. The Labute approximate surface area is 203 Å². The molecule has 0 spiro atoms. The summed E-state index contributed by atoms with van der Waals surface area (Å²) in [6, 6.07) is 17.6. The predicted octanol–water partition coefficient (Wildman–Crippen LogP) is 5.34. The summed E-state index contributed by atoms with van der Waals surface area (Å²) in [5.41, 5.74) is 1.20. The number of nitrogens with one attached hydrogen (secondary N) is 1. The van der Waals surface area contributed by atoms with Crippen molar-refractivity contribution in [3.8, 4) is 0 Å². The molecule has 0 bridgehead atoms. The van der Waals surface area contributed by atoms with Gasteiger partial charge in [0.1, 0.15) is 21.9 Å². The third kappa shape index (κ3) is 3.98. The second-order valence-electron chi connectivity index (χ2n) is 8.40. The number of carbonyl (C=O) groups is 2. The van der Waals surface area contributed by atoms with Gasteiger partial charge in [-0.25, -0.2) is 4.39 Å². The minimum absolute atomic E-state index is 0.177. The molecule has 3 heterocycles. The van der Waals surface area contributed by atoms with Crippen LogP contribution in [-0.4, -0.2) is 26.8 Å². The first-order valence-corrected chi connectivity index (χ1v) is 12.2. The molecule has 8 heteroatoms. The van der Waals surface area contributed by atoms with Gasteiger partial charge >= 0.3 is 0 Å². The van der Waals surface area contributed by atoms with Crippen LogP contribution in [0.1, 0.15) is 28.5 Å². The van der Waals surface area contributed by atoms with Gasteiger partial charge in [-0.3, -0.25) is 9.59 Å². The summed E-state index contributed by atoms with van der Waals surface area (Å²) in [5.74, 6) is -0.751. The fraction of sp³-hybridized carbons (Fsp3) is 0.200. The Bertz CT molecular complexity index is 1360. The standard InChI is InChI=1S/C25H21BrFN3O2S/c1-25(24(32)28-13-16-5-7-20(27)8-6-16)15-29-21(12-18-9-10-33-23(18)29)22(31)30(25)14-17-3-2-4-19(26)11-17/h2-12H,13-15H2,1H3,(H,28,32)/t25-/m0/s1. The summed E-state index contributed by atoms with van der Waals surface area (Å²) in [6.45, 7) is 2.71. The molecule has 2 aromatic carbocycles. The molecule has 4 aromatic rings. The molecule has 1 aliphatic heterocycles. The minimum atomic E-state index is -1.11. The van der Waals surface area contributed by atoms with Gasteiger partial charge in [0, 0.05) is 22.9 Å². The van der Waals surface area contributed by atoms with E-state index in [0.29, 0.717) is 18.8 Å². The maximum Gasteiger partial charge on any atom is 0.271 e. The lowest BCUT2D eigenvalue weighted by molar-refractivity contribution is -0.133. The summed E-state index contributed by atoms with van der Waals surface area (Å²) in [7, 11) is 0. The van der Waals surface area contributed by atoms with Gasteiger partial charge < -0.3 is 14.8 Å². The highest BCUT2D eigenvalue weighted by atomic mass is 79.9. The van der Waals surface area contributed by atoms with E-state index < -0.39 is 5.54 Å². The molecule has 1 aliphatic rings. The van der Waals surface area contributed by atoms with E-state index in [9.17, 15) is 14.0 Å². The van der Waals surface area contributed by atoms with Crippen molar-refractivity contribution >= 4 is 49.3 Å². The van der Waals surface area contributed by atoms with E-state index >= 15 is 0 Å². The van der Waals surface area contributed by atoms with Crippen LogP contribution in [0.2, 0.25) is 0 Å². The molecule has 33 heavy (non-hydrogen) atoms. The zero-order valence-electron chi connectivity index (χ0n) is 17.8. The third-order valence-electron chi connectivity index (χ3n) is 6.11. The van der Waals surface area contributed by atoms with Gasteiger partial charge in [-0.1, -0.05) is 40.2 Å². The van der Waals surface area contributed by atoms with Crippen LogP contribution in [0.3, 0.4) is 0 Å². The molecule has 0 saturated carbocycles. The molecule has 0 saturated heterocycles. The van der Waals surface area contributed by atoms with E-state index in [2.05, 4.69) is 21.2 Å². The number of fused-ring (bicyclic) bond motifs is 3. The summed E-state index contributed by atoms with van der Waals surface area (Å²) in [4.78, 5) is 29.9. The number of amides is 2. The van der Waals surface area contributed by atoms with Gasteiger partial charge in [-0.05, 0) is 59.8 Å². The smallest absolute Gasteiger partial charge is 0.271 e. The first kappa shape index (κ1) is 21.9. The molecule has 0 unspecified atom stereocenters. The van der Waals surface area contributed by atoms with Crippen LogP contribution in [0.25, 0.3) is 10.2 Å². The van der Waals surface area contributed by atoms with E-state index in [-0.39, 0.29) is 24.2 Å². The lowest BCUT2D eigenvalue weighted by Gasteiger charge is -2.44. The van der Waals surface area contributed by atoms with Crippen molar-refractivity contribution in [3.63, 3.8) is 0 Å². The molecular formula is C25H21BrFN3O2S. The molecule has 0 fully saturated rings. The summed E-state index contributed by atoms with van der Waals surface area (Å²) < 4.78 is 16.1. The molecule has 5 nitrogen and oxygen atoms in total. The minimum Gasteiger partial charge on any atom is -0.350 e. The van der Waals surface area contributed by atoms with Crippen LogP contribution >= 0.6 is 27.3 Å². The molecule has 168 valence electrons. The predicted molar refractivity (Wildman–Crippen MR) is 130 cm³/mol. The van der Waals surface area contributed by atoms with Crippen molar-refractivity contribution in [1.29, 1.82) is 0 Å². The average molecular weight is 526 g/mol. The first-order valence-electron chi connectivity index (χ1n) is 10.5. The van der Waals surface area contributed by atoms with Gasteiger partial charge in [0.15, 0.2) is 0 Å². The fourth-order valence-electron chi connectivity index (χ4n) is 4.30. The Kier molecular flexibility index (Phi) is 5.58. The quantitative estimate of drug-likeness (QED) is 0.382. The van der Waals surface area contributed by atoms with Gasteiger partial charge in [0.25, 0.3) is 5.91 Å². The molecule has 2 aromatic heterocycles. The van der Waals surface area contributed by atoms with Crippen LogP contribution in [0, 0.1) is 5.82 Å². The van der Waals surface area contributed by atoms with Gasteiger partial charge in [0.2, 0.25) is 5.91 Å². The van der Waals surface area contributed by atoms with Gasteiger partial charge in [-0.2, -0.15) is 0 Å². The van der Waals surface area contributed by atoms with Gasteiger partial charge in [0.05, 0.1) is 6.54 Å². The normalized spacial score (nSPS) is 17.9. The van der Waals surface area contributed by atoms with Crippen LogP contribution < -0.4 is 5.32 Å². The highest BCUT2D eigenvalue weighted by Gasteiger charge is 2.47. The highest BCUT2D eigenvalue weighted by Crippen LogP contribution is 2.35. The van der Waals surface area contributed by atoms with Crippen molar-refractivity contribution in [1.82, 2.24) is 14.8 Å². The maximum absolute atomic E-state index is 13.7. The van der Waals surface area contributed by atoms with Crippen LogP contribution in [-0.2, 0) is 24.4 Å². The molecular weight excluding hydrogens is 505 g/mol. The van der Waals surface area contributed by atoms with E-state index in [1.807, 2.05) is 53.3 Å². The van der Waals surface area contributed by atoms with Crippen molar-refractivity contribution < 1.29 is 14.0 Å². The van der Waals surface area contributed by atoms with Crippen molar-refractivity contribution in [2.45, 2.75) is 32.1 Å². The van der Waals surface area contributed by atoms with E-state index in [4.69, 9.17) is 0 Å². The zero-order valence-corrected chi connectivity index (χ0v) is 20.2. The van der Waals surface area contributed by atoms with Crippen LogP contribution in [0.5, 0.6) is 0 Å². The molecule has 5 rings (SSSR count). The van der Waals surface area contributed by atoms with E-state index in [1.54, 1.807) is 28.4 Å². The SMILES string of the molecule is C[C@@]1(C(=O)NCc2ccc(F)cc2)Cn2c(cc3ccsc32)C(=O)N1Cc1cccc(Br)c1. The number of halogens is 2. The Morgan fingerprint density at radius 3 is 2.70 bits per heavy atom. The number of aromatic nitrogens is 1. The zero-order chi connectivity index (χ0) is 23.2. The summed E-state index contributed by atoms with van der Waals surface area (Å²) in [6.07, 6.45) is 0. The molecule has 0 radical (unpaired) electrons. The number of nitrogens with zero attached hydrogens (tertiary/aromatic N) is 2. The van der Waals surface area contributed by atoms with Crippen molar-refractivity contribution in [2.24, 2.45) is 0 Å². The van der Waals surface area contributed by atoms with E-state index in [0.717, 1.165) is 25.8 Å². The number of rotatable bonds is 5. The van der Waals surface area contributed by atoms with Gasteiger partial charge in [-0.15, -0.1) is 11.3 Å². The monoisotopic (exact) mass is 525 g/mol. The largest absolute Gasteiger partial charge is 0.350 e. The Balaban J connectivity index is 1.50. The second-order valence-corrected chi connectivity index (χ2v) is 10.2. The number of hydrogen-bond donors (Lipinski definition) is 1. The number of benzene rings is 2. The van der Waals surface area contributed by atoms with Crippen molar-refractivity contribution in [2.75, 3.05) is 0 Å². The summed E-state index contributed by atoms with van der Waals surface area (Å²) >= 11 is 5.05. The Morgan fingerprint density at radius 2 is 1.94 bits per heavy atom. The lowest BCUT2D eigenvalue weighted by Crippen LogP contribution is -2.63. The fourth-order valence-corrected chi connectivity index (χ4v) is 5.64. The maximum atomic E-state index is 13.7. The van der Waals surface area contributed by atoms with E-state index in [1.165, 1.54) is 12.1 Å². The van der Waals surface area contributed by atoms with Crippen molar-refractivity contribution in [3.05, 3.63) is 93.2 Å². The topological polar surface area (TPSA) is 54.3 Å². The average Bonchev–Trinajstić information content (AvgIpc) is 3.38. The lowest BCUT2D eigenvalue weighted by atomic mass is 9.93. The Hall–Kier alpha value is -2.97. The molecule has 0 aliphatic carbocycles. The number of carbonyl (C=O) groups excluding carboxylic acids is 2. The Morgan fingerprint density at radius 1 is 1.15 bits per heavy atom. The molecule has 2 amide bonds.